The molecule has 1 unspecified atom stereocenters. The Morgan fingerprint density at radius 1 is 0.949 bits per heavy atom. The number of methoxy groups -OCH3 is 1. The number of nitrogens with zero attached hydrogens (tertiary/aromatic N) is 1. The maximum absolute atomic E-state index is 12.4. The second kappa shape index (κ2) is 12.6. The number of nitriles is 1. The molecule has 1 heterocycles. The van der Waals surface area contributed by atoms with Crippen LogP contribution in [-0.4, -0.2) is 32.9 Å². The monoisotopic (exact) mass is 530 g/mol. The third-order valence-electron chi connectivity index (χ3n) is 5.90. The highest BCUT2D eigenvalue weighted by Crippen LogP contribution is 2.45. The molecule has 2 N–H and O–H groups in total. The summed E-state index contributed by atoms with van der Waals surface area (Å²) in [4.78, 5) is 12.4. The van der Waals surface area contributed by atoms with Gasteiger partial charge in [0.1, 0.15) is 34.6 Å². The Morgan fingerprint density at radius 2 is 1.69 bits per heavy atom. The van der Waals surface area contributed by atoms with Crippen molar-refractivity contribution >= 4 is 5.97 Å². The van der Waals surface area contributed by atoms with E-state index in [2.05, 4.69) is 6.07 Å². The first-order valence-corrected chi connectivity index (χ1v) is 12.6. The van der Waals surface area contributed by atoms with Crippen LogP contribution in [0.2, 0.25) is 0 Å². The maximum Gasteiger partial charge on any atom is 0.349 e. The Hall–Kier alpha value is -4.84. The summed E-state index contributed by atoms with van der Waals surface area (Å²) in [6.45, 7) is 4.64. The lowest BCUT2D eigenvalue weighted by Crippen LogP contribution is -2.22. The fraction of sp³-hybridized carbons (Fsp3) is 0.267. The predicted octanol–water partition coefficient (Wildman–Crippen LogP) is 5.09. The number of carbonyl (C=O) groups excluding carboxylic acids is 1. The quantitative estimate of drug-likeness (QED) is 0.267. The summed E-state index contributed by atoms with van der Waals surface area (Å²) in [5.41, 5.74) is 7.89. The Morgan fingerprint density at radius 3 is 2.38 bits per heavy atom. The van der Waals surface area contributed by atoms with E-state index in [9.17, 15) is 10.1 Å². The van der Waals surface area contributed by atoms with Crippen LogP contribution >= 0.6 is 0 Å². The van der Waals surface area contributed by atoms with E-state index in [1.54, 1.807) is 49.6 Å². The molecule has 0 radical (unpaired) electrons. The van der Waals surface area contributed by atoms with E-state index in [0.717, 1.165) is 12.0 Å². The molecule has 0 amide bonds. The second-order valence-corrected chi connectivity index (χ2v) is 8.55. The Balaban J connectivity index is 1.55. The Bertz CT molecular complexity index is 1390. The zero-order valence-electron chi connectivity index (χ0n) is 22.1. The van der Waals surface area contributed by atoms with E-state index in [4.69, 9.17) is 34.2 Å². The summed E-state index contributed by atoms with van der Waals surface area (Å²) >= 11 is 0. The average Bonchev–Trinajstić information content (AvgIpc) is 2.95. The minimum atomic E-state index is -0.594. The highest BCUT2D eigenvalue weighted by atomic mass is 16.6. The van der Waals surface area contributed by atoms with Gasteiger partial charge >= 0.3 is 5.97 Å². The van der Waals surface area contributed by atoms with Crippen LogP contribution in [0.15, 0.2) is 72.1 Å². The summed E-state index contributed by atoms with van der Waals surface area (Å²) in [5, 5.41) is 9.90. The van der Waals surface area contributed by atoms with Gasteiger partial charge in [0.15, 0.2) is 18.1 Å². The summed E-state index contributed by atoms with van der Waals surface area (Å²) in [6.07, 6.45) is 0.860. The smallest absolute Gasteiger partial charge is 0.349 e. The largest absolute Gasteiger partial charge is 0.497 e. The van der Waals surface area contributed by atoms with Gasteiger partial charge in [0.05, 0.1) is 26.2 Å². The molecule has 1 aliphatic heterocycles. The first-order valence-electron chi connectivity index (χ1n) is 12.6. The van der Waals surface area contributed by atoms with E-state index in [-0.39, 0.29) is 23.8 Å². The van der Waals surface area contributed by atoms with Crippen molar-refractivity contribution in [3.63, 3.8) is 0 Å². The Kier molecular flexibility index (Phi) is 8.79. The van der Waals surface area contributed by atoms with Gasteiger partial charge in [0, 0.05) is 11.6 Å². The van der Waals surface area contributed by atoms with Crippen molar-refractivity contribution < 1.29 is 33.2 Å². The molecule has 0 bridgehead atoms. The molecule has 3 aromatic carbocycles. The van der Waals surface area contributed by atoms with Gasteiger partial charge in [-0.15, -0.1) is 0 Å². The number of nitrogens with two attached hydrogens (primary N) is 1. The second-order valence-electron chi connectivity index (χ2n) is 8.55. The van der Waals surface area contributed by atoms with Gasteiger partial charge in [-0.2, -0.15) is 5.26 Å². The SMILES string of the molecule is CCCOc1ccc(C2C(C#N)=C(N)Oc3cc(OC(=O)COc4ccc(OC)cc4)ccc32)cc1OCC. The van der Waals surface area contributed by atoms with Crippen LogP contribution in [0.3, 0.4) is 0 Å². The third kappa shape index (κ3) is 6.36. The third-order valence-corrected chi connectivity index (χ3v) is 5.90. The van der Waals surface area contributed by atoms with Gasteiger partial charge in [-0.05, 0) is 61.4 Å². The summed E-state index contributed by atoms with van der Waals surface area (Å²) in [7, 11) is 1.57. The first-order chi connectivity index (χ1) is 19.0. The Labute approximate surface area is 227 Å². The van der Waals surface area contributed by atoms with E-state index in [1.807, 2.05) is 32.0 Å². The zero-order valence-corrected chi connectivity index (χ0v) is 22.1. The molecule has 0 saturated heterocycles. The molecule has 4 rings (SSSR count). The number of rotatable bonds is 11. The molecule has 9 heteroatoms. The average molecular weight is 531 g/mol. The summed E-state index contributed by atoms with van der Waals surface area (Å²) in [5.74, 6) is 1.89. The number of allylic oxidation sites excluding steroid dienone is 1. The van der Waals surface area contributed by atoms with E-state index in [1.165, 1.54) is 0 Å². The van der Waals surface area contributed by atoms with Gasteiger partial charge in [0.2, 0.25) is 5.88 Å². The lowest BCUT2D eigenvalue weighted by molar-refractivity contribution is -0.136. The molecule has 0 spiro atoms. The highest BCUT2D eigenvalue weighted by molar-refractivity contribution is 5.74. The van der Waals surface area contributed by atoms with Crippen molar-refractivity contribution in [1.29, 1.82) is 5.26 Å². The molecular weight excluding hydrogens is 500 g/mol. The van der Waals surface area contributed by atoms with E-state index < -0.39 is 11.9 Å². The molecule has 39 heavy (non-hydrogen) atoms. The van der Waals surface area contributed by atoms with Crippen molar-refractivity contribution in [1.82, 2.24) is 0 Å². The van der Waals surface area contributed by atoms with Crippen LogP contribution < -0.4 is 34.2 Å². The molecule has 1 aliphatic rings. The summed E-state index contributed by atoms with van der Waals surface area (Å²) in [6, 6.07) is 19.5. The molecule has 0 aromatic heterocycles. The summed E-state index contributed by atoms with van der Waals surface area (Å²) < 4.78 is 33.5. The minimum Gasteiger partial charge on any atom is -0.497 e. The molecule has 0 fully saturated rings. The highest BCUT2D eigenvalue weighted by Gasteiger charge is 2.32. The van der Waals surface area contributed by atoms with Gasteiger partial charge < -0.3 is 34.2 Å². The number of fused-ring (bicyclic) bond motifs is 1. The topological polar surface area (TPSA) is 122 Å². The van der Waals surface area contributed by atoms with Crippen LogP contribution in [0, 0.1) is 11.3 Å². The zero-order chi connectivity index (χ0) is 27.8. The maximum atomic E-state index is 12.4. The van der Waals surface area contributed by atoms with Crippen molar-refractivity contribution in [3.05, 3.63) is 83.2 Å². The lowest BCUT2D eigenvalue weighted by Gasteiger charge is -2.27. The van der Waals surface area contributed by atoms with Crippen molar-refractivity contribution in [3.8, 4) is 40.6 Å². The molecule has 202 valence electrons. The van der Waals surface area contributed by atoms with Crippen molar-refractivity contribution in [2.45, 2.75) is 26.2 Å². The normalized spacial score (nSPS) is 13.9. The van der Waals surface area contributed by atoms with Crippen molar-refractivity contribution in [2.24, 2.45) is 5.73 Å². The molecule has 0 aliphatic carbocycles. The minimum absolute atomic E-state index is 0.0226. The van der Waals surface area contributed by atoms with E-state index >= 15 is 0 Å². The molecule has 9 nitrogen and oxygen atoms in total. The number of benzene rings is 3. The number of hydrogen-bond acceptors (Lipinski definition) is 9. The van der Waals surface area contributed by atoms with Crippen molar-refractivity contribution in [2.75, 3.05) is 26.9 Å². The van der Waals surface area contributed by atoms with Crippen LogP contribution in [0.1, 0.15) is 37.3 Å². The van der Waals surface area contributed by atoms with Crippen LogP contribution in [-0.2, 0) is 4.79 Å². The van der Waals surface area contributed by atoms with Gasteiger partial charge in [-0.25, -0.2) is 4.79 Å². The standard InChI is InChI=1S/C30H30N2O7/c1-4-14-36-25-13-6-19(15-27(25)35-5-2)29-23-12-11-22(16-26(23)39-30(32)24(29)17-31)38-28(33)18-37-21-9-7-20(34-3)8-10-21/h6-13,15-16,29H,4-5,14,18,32H2,1-3H3. The van der Waals surface area contributed by atoms with Gasteiger partial charge in [-0.1, -0.05) is 19.1 Å². The lowest BCUT2D eigenvalue weighted by atomic mass is 9.83. The van der Waals surface area contributed by atoms with Gasteiger partial charge in [-0.3, -0.25) is 0 Å². The number of esters is 1. The molecule has 1 atom stereocenters. The van der Waals surface area contributed by atoms with Crippen LogP contribution in [0.5, 0.6) is 34.5 Å². The fourth-order valence-corrected chi connectivity index (χ4v) is 4.12. The number of ether oxygens (including phenoxy) is 6. The predicted molar refractivity (Wildman–Crippen MR) is 143 cm³/mol. The molecular formula is C30H30N2O7. The first kappa shape index (κ1) is 27.2. The number of carbonyl (C=O) groups is 1. The molecule has 3 aromatic rings. The van der Waals surface area contributed by atoms with Crippen LogP contribution in [0.4, 0.5) is 0 Å². The molecule has 0 saturated carbocycles. The van der Waals surface area contributed by atoms with Gasteiger partial charge in [0.25, 0.3) is 0 Å². The van der Waals surface area contributed by atoms with Crippen LogP contribution in [0.25, 0.3) is 0 Å². The number of hydrogen-bond donors (Lipinski definition) is 1. The van der Waals surface area contributed by atoms with E-state index in [0.29, 0.717) is 47.5 Å². The fourth-order valence-electron chi connectivity index (χ4n) is 4.12.